The van der Waals surface area contributed by atoms with Gasteiger partial charge in [0.1, 0.15) is 5.75 Å². The molecule has 21 heavy (non-hydrogen) atoms. The van der Waals surface area contributed by atoms with Crippen LogP contribution in [0.5, 0.6) is 5.75 Å². The molecular weight excluding hydrogens is 260 g/mol. The molecular formula is C19H20O2. The molecule has 0 spiro atoms. The van der Waals surface area contributed by atoms with Crippen LogP contribution in [0.4, 0.5) is 0 Å². The fraction of sp³-hybridized carbons (Fsp3) is 0.211. The fourth-order valence-electron chi connectivity index (χ4n) is 2.23. The molecule has 1 N–H and O–H groups in total. The van der Waals surface area contributed by atoms with Crippen LogP contribution in [0.15, 0.2) is 60.7 Å². The Balaban J connectivity index is 2.07. The van der Waals surface area contributed by atoms with Gasteiger partial charge < -0.3 is 5.11 Å². The number of hydrogen-bond donors (Lipinski definition) is 1. The van der Waals surface area contributed by atoms with Crippen LogP contribution in [0.3, 0.4) is 0 Å². The highest BCUT2D eigenvalue weighted by molar-refractivity contribution is 6.00. The predicted molar refractivity (Wildman–Crippen MR) is 86.3 cm³/mol. The summed E-state index contributed by atoms with van der Waals surface area (Å²) >= 11 is 0. The molecule has 0 fully saturated rings. The highest BCUT2D eigenvalue weighted by Gasteiger charge is 2.17. The Morgan fingerprint density at radius 3 is 2.38 bits per heavy atom. The Labute approximate surface area is 125 Å². The number of ketones is 1. The van der Waals surface area contributed by atoms with Crippen LogP contribution in [0.25, 0.3) is 5.57 Å². The molecule has 0 aromatic heterocycles. The summed E-state index contributed by atoms with van der Waals surface area (Å²) < 4.78 is 0. The third-order valence-electron chi connectivity index (χ3n) is 3.62. The van der Waals surface area contributed by atoms with Crippen molar-refractivity contribution in [1.29, 1.82) is 0 Å². The number of carbonyl (C=O) groups excluding carboxylic acids is 1. The number of aromatic hydroxyl groups is 1. The number of phenolic OH excluding ortho intramolecular Hbond substituents is 1. The number of allylic oxidation sites excluding steroid dienone is 2. The maximum absolute atomic E-state index is 12.3. The van der Waals surface area contributed by atoms with Crippen molar-refractivity contribution in [3.63, 3.8) is 0 Å². The molecule has 108 valence electrons. The maximum Gasteiger partial charge on any atom is 0.169 e. The Kier molecular flexibility index (Phi) is 4.94. The number of Topliss-reactive ketones (excluding diaryl/α,β-unsaturated/α-hetero) is 1. The van der Waals surface area contributed by atoms with E-state index < -0.39 is 0 Å². The number of benzene rings is 2. The van der Waals surface area contributed by atoms with Crippen molar-refractivity contribution >= 4 is 11.4 Å². The molecule has 0 saturated carbocycles. The van der Waals surface area contributed by atoms with Crippen molar-refractivity contribution in [1.82, 2.24) is 0 Å². The van der Waals surface area contributed by atoms with Gasteiger partial charge in [-0.2, -0.15) is 0 Å². The third kappa shape index (κ3) is 3.82. The van der Waals surface area contributed by atoms with E-state index in [9.17, 15) is 9.90 Å². The summed E-state index contributed by atoms with van der Waals surface area (Å²) in [5, 5.41) is 9.75. The van der Waals surface area contributed by atoms with Gasteiger partial charge in [-0.3, -0.25) is 4.79 Å². The SMILES string of the molecule is C/C(=C\CC(C)C(=O)c1ccccc1O)c1ccccc1. The summed E-state index contributed by atoms with van der Waals surface area (Å²) in [6.07, 6.45) is 2.74. The number of phenols is 1. The van der Waals surface area contributed by atoms with E-state index in [0.29, 0.717) is 12.0 Å². The minimum absolute atomic E-state index is 0.0230. The van der Waals surface area contributed by atoms with E-state index in [1.807, 2.05) is 32.0 Å². The Bertz CT molecular complexity index is 642. The first-order valence-corrected chi connectivity index (χ1v) is 7.14. The lowest BCUT2D eigenvalue weighted by molar-refractivity contribution is 0.0928. The van der Waals surface area contributed by atoms with E-state index >= 15 is 0 Å². The van der Waals surface area contributed by atoms with Crippen LogP contribution in [-0.4, -0.2) is 10.9 Å². The third-order valence-corrected chi connectivity index (χ3v) is 3.62. The second-order valence-electron chi connectivity index (χ2n) is 5.27. The molecule has 0 aliphatic rings. The molecule has 2 heteroatoms. The summed E-state index contributed by atoms with van der Waals surface area (Å²) in [5.41, 5.74) is 2.73. The molecule has 0 radical (unpaired) electrons. The molecule has 0 bridgehead atoms. The molecule has 2 nitrogen and oxygen atoms in total. The van der Waals surface area contributed by atoms with E-state index in [1.165, 1.54) is 5.56 Å². The Hall–Kier alpha value is -2.35. The van der Waals surface area contributed by atoms with Crippen molar-refractivity contribution in [3.05, 3.63) is 71.8 Å². The first-order valence-electron chi connectivity index (χ1n) is 7.14. The van der Waals surface area contributed by atoms with Crippen LogP contribution in [-0.2, 0) is 0 Å². The monoisotopic (exact) mass is 280 g/mol. The van der Waals surface area contributed by atoms with Crippen LogP contribution < -0.4 is 0 Å². The number of carbonyl (C=O) groups is 1. The molecule has 2 aromatic carbocycles. The van der Waals surface area contributed by atoms with Gasteiger partial charge in [0.05, 0.1) is 5.56 Å². The lowest BCUT2D eigenvalue weighted by atomic mass is 9.94. The molecule has 0 aliphatic heterocycles. The highest BCUT2D eigenvalue weighted by atomic mass is 16.3. The smallest absolute Gasteiger partial charge is 0.169 e. The van der Waals surface area contributed by atoms with Crippen LogP contribution in [0.2, 0.25) is 0 Å². The van der Waals surface area contributed by atoms with E-state index in [2.05, 4.69) is 18.2 Å². The predicted octanol–water partition coefficient (Wildman–Crippen LogP) is 4.70. The lowest BCUT2D eigenvalue weighted by Crippen LogP contribution is -2.10. The first-order chi connectivity index (χ1) is 10.1. The largest absolute Gasteiger partial charge is 0.507 e. The van der Waals surface area contributed by atoms with Crippen molar-refractivity contribution in [2.75, 3.05) is 0 Å². The zero-order chi connectivity index (χ0) is 15.2. The van der Waals surface area contributed by atoms with Gasteiger partial charge in [0.25, 0.3) is 0 Å². The average molecular weight is 280 g/mol. The van der Waals surface area contributed by atoms with Gasteiger partial charge in [-0.1, -0.05) is 55.5 Å². The zero-order valence-corrected chi connectivity index (χ0v) is 12.4. The number of rotatable bonds is 5. The second kappa shape index (κ2) is 6.89. The van der Waals surface area contributed by atoms with Gasteiger partial charge in [-0.15, -0.1) is 0 Å². The van der Waals surface area contributed by atoms with E-state index in [4.69, 9.17) is 0 Å². The molecule has 2 aromatic rings. The number of para-hydroxylation sites is 1. The van der Waals surface area contributed by atoms with E-state index in [-0.39, 0.29) is 17.5 Å². The van der Waals surface area contributed by atoms with Crippen molar-refractivity contribution in [2.45, 2.75) is 20.3 Å². The number of hydrogen-bond acceptors (Lipinski definition) is 2. The average Bonchev–Trinajstić information content (AvgIpc) is 2.53. The molecule has 0 saturated heterocycles. The summed E-state index contributed by atoms with van der Waals surface area (Å²) in [4.78, 5) is 12.3. The van der Waals surface area contributed by atoms with Gasteiger partial charge in [-0.25, -0.2) is 0 Å². The van der Waals surface area contributed by atoms with Crippen molar-refractivity contribution < 1.29 is 9.90 Å². The van der Waals surface area contributed by atoms with Crippen LogP contribution in [0.1, 0.15) is 36.2 Å². The molecule has 0 aliphatic carbocycles. The standard InChI is InChI=1S/C19H20O2/c1-14(16-8-4-3-5-9-16)12-13-15(2)19(21)17-10-6-7-11-18(17)20/h3-12,15,20H,13H2,1-2H3/b14-12+. The molecule has 2 rings (SSSR count). The minimum Gasteiger partial charge on any atom is -0.507 e. The van der Waals surface area contributed by atoms with Gasteiger partial charge in [-0.05, 0) is 36.6 Å². The first kappa shape index (κ1) is 15.0. The summed E-state index contributed by atoms with van der Waals surface area (Å²) in [5.74, 6) is -0.125. The lowest BCUT2D eigenvalue weighted by Gasteiger charge is -2.10. The van der Waals surface area contributed by atoms with Gasteiger partial charge in [0.15, 0.2) is 5.78 Å². The normalized spacial score (nSPS) is 13.0. The van der Waals surface area contributed by atoms with E-state index in [0.717, 1.165) is 5.57 Å². The Morgan fingerprint density at radius 1 is 1.10 bits per heavy atom. The van der Waals surface area contributed by atoms with Crippen molar-refractivity contribution in [2.24, 2.45) is 5.92 Å². The van der Waals surface area contributed by atoms with Gasteiger partial charge >= 0.3 is 0 Å². The summed E-state index contributed by atoms with van der Waals surface area (Å²) in [6, 6.07) is 16.8. The van der Waals surface area contributed by atoms with Crippen molar-refractivity contribution in [3.8, 4) is 5.75 Å². The van der Waals surface area contributed by atoms with Crippen LogP contribution >= 0.6 is 0 Å². The quantitative estimate of drug-likeness (QED) is 0.806. The van der Waals surface area contributed by atoms with Gasteiger partial charge in [0, 0.05) is 5.92 Å². The molecule has 1 atom stereocenters. The zero-order valence-electron chi connectivity index (χ0n) is 12.4. The second-order valence-corrected chi connectivity index (χ2v) is 5.27. The maximum atomic E-state index is 12.3. The van der Waals surface area contributed by atoms with E-state index in [1.54, 1.807) is 24.3 Å². The molecule has 1 unspecified atom stereocenters. The molecule has 0 amide bonds. The Morgan fingerprint density at radius 2 is 1.71 bits per heavy atom. The van der Waals surface area contributed by atoms with Crippen LogP contribution in [0, 0.1) is 5.92 Å². The fourth-order valence-corrected chi connectivity index (χ4v) is 2.23. The van der Waals surface area contributed by atoms with Gasteiger partial charge in [0.2, 0.25) is 0 Å². The highest BCUT2D eigenvalue weighted by Crippen LogP contribution is 2.22. The summed E-state index contributed by atoms with van der Waals surface area (Å²) in [6.45, 7) is 3.94. The minimum atomic E-state index is -0.156. The topological polar surface area (TPSA) is 37.3 Å². The summed E-state index contributed by atoms with van der Waals surface area (Å²) in [7, 11) is 0. The molecule has 0 heterocycles.